The maximum absolute atomic E-state index is 14.1. The van der Waals surface area contributed by atoms with Crippen LogP contribution >= 0.6 is 11.6 Å². The van der Waals surface area contributed by atoms with E-state index in [2.05, 4.69) is 11.2 Å². The molecule has 0 atom stereocenters. The molecule has 5 nitrogen and oxygen atoms in total. The van der Waals surface area contributed by atoms with Crippen molar-refractivity contribution in [1.82, 2.24) is 9.78 Å². The molecule has 1 aromatic heterocycles. The molecule has 1 aromatic carbocycles. The summed E-state index contributed by atoms with van der Waals surface area (Å²) in [6.45, 7) is 3.18. The Morgan fingerprint density at radius 3 is 2.80 bits per heavy atom. The van der Waals surface area contributed by atoms with E-state index in [0.717, 1.165) is 28.9 Å². The van der Waals surface area contributed by atoms with Gasteiger partial charge in [0.05, 0.1) is 23.5 Å². The lowest BCUT2D eigenvalue weighted by Crippen LogP contribution is -2.29. The average molecular weight is 363 g/mol. The second-order valence-corrected chi connectivity index (χ2v) is 6.63. The number of hydrogen-bond donors (Lipinski definition) is 1. The number of carbonyl (C=O) groups excluding carboxylic acids is 1. The molecule has 1 aliphatic heterocycles. The van der Waals surface area contributed by atoms with Crippen molar-refractivity contribution in [3.05, 3.63) is 52.1 Å². The van der Waals surface area contributed by atoms with Crippen molar-refractivity contribution in [2.24, 2.45) is 12.8 Å². The summed E-state index contributed by atoms with van der Waals surface area (Å²) in [6, 6.07) is 4.71. The topological polar surface area (TPSA) is 64.2 Å². The Kier molecular flexibility index (Phi) is 4.81. The summed E-state index contributed by atoms with van der Waals surface area (Å²) in [5, 5.41) is 4.81. The van der Waals surface area contributed by atoms with Crippen LogP contribution in [0.15, 0.2) is 24.3 Å². The van der Waals surface area contributed by atoms with Gasteiger partial charge in [-0.15, -0.1) is 0 Å². The lowest BCUT2D eigenvalue weighted by atomic mass is 9.96. The smallest absolute Gasteiger partial charge is 0.223 e. The molecule has 2 heterocycles. The van der Waals surface area contributed by atoms with Gasteiger partial charge in [-0.2, -0.15) is 5.10 Å². The van der Waals surface area contributed by atoms with E-state index < -0.39 is 0 Å². The predicted molar refractivity (Wildman–Crippen MR) is 97.1 cm³/mol. The highest BCUT2D eigenvalue weighted by Crippen LogP contribution is 2.31. The fourth-order valence-electron chi connectivity index (χ4n) is 3.34. The van der Waals surface area contributed by atoms with E-state index >= 15 is 0 Å². The number of benzene rings is 1. The van der Waals surface area contributed by atoms with Gasteiger partial charge in [-0.3, -0.25) is 9.48 Å². The summed E-state index contributed by atoms with van der Waals surface area (Å²) in [5.74, 6) is -0.707. The summed E-state index contributed by atoms with van der Waals surface area (Å²) in [6.07, 6.45) is 2.95. The Bertz CT molecular complexity index is 859. The highest BCUT2D eigenvalue weighted by atomic mass is 35.5. The minimum Gasteiger partial charge on any atom is -0.369 e. The third-order valence-electron chi connectivity index (χ3n) is 4.46. The lowest BCUT2D eigenvalue weighted by molar-refractivity contribution is -0.117. The SMILES string of the molecule is Cc1nn(C)c(CC(N)=O)c1C1=CCN(c2ccc(Cl)cc2F)CC1. The van der Waals surface area contributed by atoms with Gasteiger partial charge >= 0.3 is 0 Å². The van der Waals surface area contributed by atoms with Gasteiger partial charge in [-0.05, 0) is 37.1 Å². The molecule has 3 rings (SSSR count). The Hall–Kier alpha value is -2.34. The summed E-state index contributed by atoms with van der Waals surface area (Å²) in [4.78, 5) is 13.3. The van der Waals surface area contributed by atoms with E-state index in [1.54, 1.807) is 16.8 Å². The van der Waals surface area contributed by atoms with Crippen molar-refractivity contribution in [3.63, 3.8) is 0 Å². The van der Waals surface area contributed by atoms with Crippen LogP contribution in [0.2, 0.25) is 5.02 Å². The number of amides is 1. The number of halogens is 2. The van der Waals surface area contributed by atoms with Crippen LogP contribution in [0.4, 0.5) is 10.1 Å². The Balaban J connectivity index is 1.88. The van der Waals surface area contributed by atoms with Crippen molar-refractivity contribution in [2.45, 2.75) is 19.8 Å². The monoisotopic (exact) mass is 362 g/mol. The Labute approximate surface area is 150 Å². The Morgan fingerprint density at radius 1 is 1.44 bits per heavy atom. The summed E-state index contributed by atoms with van der Waals surface area (Å²) in [7, 11) is 1.81. The first kappa shape index (κ1) is 17.5. The zero-order chi connectivity index (χ0) is 18.1. The number of nitrogens with two attached hydrogens (primary N) is 1. The summed E-state index contributed by atoms with van der Waals surface area (Å²) < 4.78 is 15.8. The fourth-order valence-corrected chi connectivity index (χ4v) is 3.50. The van der Waals surface area contributed by atoms with Crippen LogP contribution in [-0.4, -0.2) is 28.8 Å². The first-order chi connectivity index (χ1) is 11.9. The number of nitrogens with zero attached hydrogens (tertiary/aromatic N) is 3. The van der Waals surface area contributed by atoms with Crippen LogP contribution in [0.3, 0.4) is 0 Å². The Morgan fingerprint density at radius 2 is 2.20 bits per heavy atom. The standard InChI is InChI=1S/C18H20ClFN4O/c1-11-18(16(10-17(21)25)23(2)22-11)12-5-7-24(8-6-12)15-4-3-13(19)9-14(15)20/h3-5,9H,6-8,10H2,1-2H3,(H2,21,25). The highest BCUT2D eigenvalue weighted by Gasteiger charge is 2.22. The van der Waals surface area contributed by atoms with Crippen LogP contribution < -0.4 is 10.6 Å². The van der Waals surface area contributed by atoms with Gasteiger partial charge in [0.1, 0.15) is 5.82 Å². The molecule has 0 spiro atoms. The molecule has 0 bridgehead atoms. The summed E-state index contributed by atoms with van der Waals surface area (Å²) >= 11 is 5.82. The first-order valence-corrected chi connectivity index (χ1v) is 8.44. The molecule has 132 valence electrons. The second kappa shape index (κ2) is 6.88. The molecule has 0 radical (unpaired) electrons. The first-order valence-electron chi connectivity index (χ1n) is 8.07. The van der Waals surface area contributed by atoms with Crippen LogP contribution in [0, 0.1) is 12.7 Å². The van der Waals surface area contributed by atoms with Gasteiger partial charge in [0.25, 0.3) is 0 Å². The molecule has 2 N–H and O–H groups in total. The number of aromatic nitrogens is 2. The van der Waals surface area contributed by atoms with Gasteiger partial charge in [-0.1, -0.05) is 17.7 Å². The number of aryl methyl sites for hydroxylation is 2. The second-order valence-electron chi connectivity index (χ2n) is 6.19. The number of rotatable bonds is 4. The quantitative estimate of drug-likeness (QED) is 0.909. The molecule has 1 aliphatic rings. The third kappa shape index (κ3) is 3.54. The molecule has 0 unspecified atom stereocenters. The van der Waals surface area contributed by atoms with Gasteiger partial charge < -0.3 is 10.6 Å². The summed E-state index contributed by atoms with van der Waals surface area (Å²) in [5.41, 5.74) is 9.70. The zero-order valence-corrected chi connectivity index (χ0v) is 15.0. The molecule has 7 heteroatoms. The van der Waals surface area contributed by atoms with Gasteiger partial charge in [0.2, 0.25) is 5.91 Å². The predicted octanol–water partition coefficient (Wildman–Crippen LogP) is 2.84. The molecule has 0 saturated heterocycles. The number of carbonyl (C=O) groups is 1. The largest absolute Gasteiger partial charge is 0.369 e. The minimum atomic E-state index is -0.384. The molecule has 0 fully saturated rings. The van der Waals surface area contributed by atoms with E-state index in [-0.39, 0.29) is 18.1 Å². The molecule has 2 aromatic rings. The molecular formula is C18H20ClFN4O. The van der Waals surface area contributed by atoms with E-state index in [1.807, 2.05) is 18.9 Å². The van der Waals surface area contributed by atoms with Crippen molar-refractivity contribution in [3.8, 4) is 0 Å². The normalized spacial score (nSPS) is 14.6. The van der Waals surface area contributed by atoms with Crippen molar-refractivity contribution in [2.75, 3.05) is 18.0 Å². The van der Waals surface area contributed by atoms with E-state index in [0.29, 0.717) is 23.8 Å². The van der Waals surface area contributed by atoms with E-state index in [1.165, 1.54) is 6.07 Å². The van der Waals surface area contributed by atoms with Crippen LogP contribution in [0.1, 0.15) is 23.4 Å². The van der Waals surface area contributed by atoms with Crippen LogP contribution in [-0.2, 0) is 18.3 Å². The van der Waals surface area contributed by atoms with Gasteiger partial charge in [0, 0.05) is 30.7 Å². The van der Waals surface area contributed by atoms with Crippen molar-refractivity contribution >= 4 is 28.8 Å². The van der Waals surface area contributed by atoms with Gasteiger partial charge in [-0.25, -0.2) is 4.39 Å². The third-order valence-corrected chi connectivity index (χ3v) is 4.70. The lowest BCUT2D eigenvalue weighted by Gasteiger charge is -2.29. The number of anilines is 1. The maximum atomic E-state index is 14.1. The zero-order valence-electron chi connectivity index (χ0n) is 14.2. The number of primary amides is 1. The molecular weight excluding hydrogens is 343 g/mol. The minimum absolute atomic E-state index is 0.152. The maximum Gasteiger partial charge on any atom is 0.223 e. The molecule has 0 aliphatic carbocycles. The molecule has 25 heavy (non-hydrogen) atoms. The number of hydrogen-bond acceptors (Lipinski definition) is 3. The van der Waals surface area contributed by atoms with Crippen LogP contribution in [0.5, 0.6) is 0 Å². The molecule has 0 saturated carbocycles. The molecule has 1 amide bonds. The fraction of sp³-hybridized carbons (Fsp3) is 0.333. The van der Waals surface area contributed by atoms with E-state index in [4.69, 9.17) is 17.3 Å². The van der Waals surface area contributed by atoms with E-state index in [9.17, 15) is 9.18 Å². The van der Waals surface area contributed by atoms with Crippen LogP contribution in [0.25, 0.3) is 5.57 Å². The average Bonchev–Trinajstić information content (AvgIpc) is 2.81. The highest BCUT2D eigenvalue weighted by molar-refractivity contribution is 6.30. The van der Waals surface area contributed by atoms with Crippen molar-refractivity contribution < 1.29 is 9.18 Å². The van der Waals surface area contributed by atoms with Gasteiger partial charge in [0.15, 0.2) is 0 Å². The van der Waals surface area contributed by atoms with Crippen molar-refractivity contribution in [1.29, 1.82) is 0 Å².